The van der Waals surface area contributed by atoms with Gasteiger partial charge < -0.3 is 0 Å². The Kier molecular flexibility index (Phi) is 3.50. The van der Waals surface area contributed by atoms with E-state index >= 15 is 0 Å². The molecule has 2 fully saturated rings. The minimum atomic E-state index is 0.690. The zero-order valence-electron chi connectivity index (χ0n) is 11.8. The molecular weight excluding hydrogens is 232 g/mol. The van der Waals surface area contributed by atoms with Gasteiger partial charge in [0.15, 0.2) is 0 Å². The second kappa shape index (κ2) is 5.28. The summed E-state index contributed by atoms with van der Waals surface area (Å²) < 4.78 is 0. The Balaban J connectivity index is 1.84. The number of hydrogen-bond donors (Lipinski definition) is 0. The molecule has 2 aliphatic carbocycles. The number of fused-ring (bicyclic) bond motifs is 2. The van der Waals surface area contributed by atoms with E-state index in [1.54, 1.807) is 6.33 Å². The van der Waals surface area contributed by atoms with E-state index in [0.717, 1.165) is 17.5 Å². The highest BCUT2D eigenvalue weighted by molar-refractivity contribution is 5.62. The highest BCUT2D eigenvalue weighted by atomic mass is 14.8. The summed E-state index contributed by atoms with van der Waals surface area (Å²) in [5.74, 6) is 2.54. The summed E-state index contributed by atoms with van der Waals surface area (Å²) in [6.07, 6.45) is 13.6. The van der Waals surface area contributed by atoms with Crippen LogP contribution in [0.3, 0.4) is 0 Å². The molecular formula is C17H22N2. The molecule has 2 saturated carbocycles. The van der Waals surface area contributed by atoms with Crippen molar-refractivity contribution in [3.63, 3.8) is 0 Å². The molecule has 0 spiro atoms. The van der Waals surface area contributed by atoms with Gasteiger partial charge in [0, 0.05) is 11.6 Å². The van der Waals surface area contributed by atoms with E-state index in [1.807, 2.05) is 13.0 Å². The van der Waals surface area contributed by atoms with Crippen LogP contribution in [0.5, 0.6) is 0 Å². The van der Waals surface area contributed by atoms with Gasteiger partial charge >= 0.3 is 0 Å². The predicted molar refractivity (Wildman–Crippen MR) is 78.7 cm³/mol. The quantitative estimate of drug-likeness (QED) is 0.749. The van der Waals surface area contributed by atoms with Crippen LogP contribution in [0.4, 0.5) is 0 Å². The van der Waals surface area contributed by atoms with Crippen LogP contribution in [0.15, 0.2) is 30.6 Å². The van der Waals surface area contributed by atoms with E-state index in [-0.39, 0.29) is 0 Å². The average molecular weight is 254 g/mol. The Morgan fingerprint density at radius 3 is 2.84 bits per heavy atom. The first-order valence-corrected chi connectivity index (χ1v) is 7.40. The van der Waals surface area contributed by atoms with Crippen molar-refractivity contribution in [2.75, 3.05) is 0 Å². The molecule has 2 heteroatoms. The van der Waals surface area contributed by atoms with E-state index in [4.69, 9.17) is 0 Å². The number of hydrogen-bond acceptors (Lipinski definition) is 2. The molecule has 0 saturated heterocycles. The minimum Gasteiger partial charge on any atom is -0.241 e. The van der Waals surface area contributed by atoms with Crippen LogP contribution in [-0.4, -0.2) is 9.97 Å². The molecule has 3 rings (SSSR count). The van der Waals surface area contributed by atoms with E-state index in [1.165, 1.54) is 37.0 Å². The molecule has 1 heterocycles. The third-order valence-electron chi connectivity index (χ3n) is 4.75. The first kappa shape index (κ1) is 12.6. The van der Waals surface area contributed by atoms with Gasteiger partial charge in [-0.05, 0) is 56.6 Å². The molecule has 0 amide bonds. The predicted octanol–water partition coefficient (Wildman–Crippen LogP) is 4.36. The molecule has 2 bridgehead atoms. The Labute approximate surface area is 115 Å². The van der Waals surface area contributed by atoms with Crippen molar-refractivity contribution in [1.82, 2.24) is 9.97 Å². The number of rotatable bonds is 3. The second-order valence-corrected chi connectivity index (χ2v) is 5.98. The van der Waals surface area contributed by atoms with Crippen LogP contribution >= 0.6 is 0 Å². The van der Waals surface area contributed by atoms with Crippen molar-refractivity contribution in [2.45, 2.75) is 45.4 Å². The lowest BCUT2D eigenvalue weighted by Gasteiger charge is -2.21. The third-order valence-corrected chi connectivity index (χ3v) is 4.75. The Morgan fingerprint density at radius 1 is 1.26 bits per heavy atom. The van der Waals surface area contributed by atoms with Crippen molar-refractivity contribution in [3.8, 4) is 0 Å². The molecule has 19 heavy (non-hydrogen) atoms. The zero-order chi connectivity index (χ0) is 13.2. The molecule has 3 atom stereocenters. The molecule has 0 N–H and O–H groups in total. The lowest BCUT2D eigenvalue weighted by atomic mass is 9.86. The summed E-state index contributed by atoms with van der Waals surface area (Å²) in [4.78, 5) is 8.96. The molecule has 2 aliphatic rings. The van der Waals surface area contributed by atoms with Gasteiger partial charge in [-0.1, -0.05) is 24.6 Å². The van der Waals surface area contributed by atoms with Gasteiger partial charge in [-0.3, -0.25) is 0 Å². The Hall–Kier alpha value is -1.44. The maximum Gasteiger partial charge on any atom is 0.116 e. The third kappa shape index (κ3) is 2.49. The molecule has 2 nitrogen and oxygen atoms in total. The fourth-order valence-electron chi connectivity index (χ4n) is 3.72. The van der Waals surface area contributed by atoms with Gasteiger partial charge in [0.25, 0.3) is 0 Å². The van der Waals surface area contributed by atoms with Gasteiger partial charge in [-0.15, -0.1) is 0 Å². The van der Waals surface area contributed by atoms with Crippen molar-refractivity contribution in [2.24, 2.45) is 11.8 Å². The molecule has 100 valence electrons. The van der Waals surface area contributed by atoms with Crippen LogP contribution in [0.2, 0.25) is 0 Å². The van der Waals surface area contributed by atoms with Gasteiger partial charge in [0.2, 0.25) is 0 Å². The maximum atomic E-state index is 4.55. The molecule has 3 unspecified atom stereocenters. The first-order chi connectivity index (χ1) is 9.28. The second-order valence-electron chi connectivity index (χ2n) is 5.98. The molecule has 1 aromatic rings. The van der Waals surface area contributed by atoms with Gasteiger partial charge in [0.05, 0.1) is 5.69 Å². The summed E-state index contributed by atoms with van der Waals surface area (Å²) in [7, 11) is 0. The first-order valence-electron chi connectivity index (χ1n) is 7.40. The van der Waals surface area contributed by atoms with Crippen LogP contribution in [0.25, 0.3) is 5.57 Å². The standard InChI is InChI=1S/C17H22N2/c1-3-4-5-12(2)16-10-17(19-11-18-16)15-9-13-6-7-14(15)8-13/h3-5,10-11,13-15H,6-9H2,1-2H3. The molecule has 0 aromatic carbocycles. The summed E-state index contributed by atoms with van der Waals surface area (Å²) in [5, 5.41) is 0. The van der Waals surface area contributed by atoms with E-state index in [9.17, 15) is 0 Å². The van der Waals surface area contributed by atoms with Crippen molar-refractivity contribution in [1.29, 1.82) is 0 Å². The molecule has 1 aromatic heterocycles. The van der Waals surface area contributed by atoms with Crippen LogP contribution in [-0.2, 0) is 0 Å². The maximum absolute atomic E-state index is 4.55. The summed E-state index contributed by atoms with van der Waals surface area (Å²) in [6, 6.07) is 2.21. The molecule has 0 radical (unpaired) electrons. The lowest BCUT2D eigenvalue weighted by Crippen LogP contribution is -2.10. The van der Waals surface area contributed by atoms with Crippen molar-refractivity contribution < 1.29 is 0 Å². The van der Waals surface area contributed by atoms with Crippen molar-refractivity contribution in [3.05, 3.63) is 42.0 Å². The normalized spacial score (nSPS) is 30.4. The van der Waals surface area contributed by atoms with Crippen molar-refractivity contribution >= 4 is 5.57 Å². The highest BCUT2D eigenvalue weighted by Crippen LogP contribution is 2.52. The van der Waals surface area contributed by atoms with Gasteiger partial charge in [-0.2, -0.15) is 0 Å². The van der Waals surface area contributed by atoms with E-state index in [2.05, 4.69) is 35.1 Å². The summed E-state index contributed by atoms with van der Waals surface area (Å²) >= 11 is 0. The van der Waals surface area contributed by atoms with Crippen LogP contribution in [0, 0.1) is 11.8 Å². The Bertz CT molecular complexity index is 516. The average Bonchev–Trinajstić information content (AvgIpc) is 3.07. The summed E-state index contributed by atoms with van der Waals surface area (Å²) in [5.41, 5.74) is 3.56. The fraction of sp³-hybridized carbons (Fsp3) is 0.529. The number of allylic oxidation sites excluding steroid dienone is 4. The summed E-state index contributed by atoms with van der Waals surface area (Å²) in [6.45, 7) is 4.15. The van der Waals surface area contributed by atoms with E-state index < -0.39 is 0 Å². The lowest BCUT2D eigenvalue weighted by molar-refractivity contribution is 0.412. The minimum absolute atomic E-state index is 0.690. The fourth-order valence-corrected chi connectivity index (χ4v) is 3.72. The Morgan fingerprint density at radius 2 is 2.16 bits per heavy atom. The van der Waals surface area contributed by atoms with Crippen LogP contribution < -0.4 is 0 Å². The van der Waals surface area contributed by atoms with Gasteiger partial charge in [-0.25, -0.2) is 9.97 Å². The topological polar surface area (TPSA) is 25.8 Å². The smallest absolute Gasteiger partial charge is 0.116 e. The monoisotopic (exact) mass is 254 g/mol. The largest absolute Gasteiger partial charge is 0.241 e. The zero-order valence-corrected chi connectivity index (χ0v) is 11.8. The highest BCUT2D eigenvalue weighted by Gasteiger charge is 2.40. The van der Waals surface area contributed by atoms with Crippen LogP contribution in [0.1, 0.15) is 56.8 Å². The number of nitrogens with zero attached hydrogens (tertiary/aromatic N) is 2. The molecule has 0 aliphatic heterocycles. The van der Waals surface area contributed by atoms with E-state index in [0.29, 0.717) is 5.92 Å². The van der Waals surface area contributed by atoms with Gasteiger partial charge in [0.1, 0.15) is 6.33 Å². The SMILES string of the molecule is CC=CC=C(C)c1cc(C2CC3CCC2C3)ncn1. The number of aromatic nitrogens is 2.